The van der Waals surface area contributed by atoms with Gasteiger partial charge in [-0.3, -0.25) is 14.5 Å². The van der Waals surface area contributed by atoms with E-state index in [0.717, 1.165) is 5.56 Å². The quantitative estimate of drug-likeness (QED) is 0.489. The standard InChI is InChI=1S/C27H25N3O4S/c1-34-26(33)20-12-14-22(15-13-20)28-25(32)23-18-24(31)30(17-16-19-8-4-2-5-9-19)27(35-23)29-21-10-6-3-7-11-21/h2-15,23H,16-18H2,1H3,(H,28,32). The summed E-state index contributed by atoms with van der Waals surface area (Å²) >= 11 is 1.28. The monoisotopic (exact) mass is 487 g/mol. The van der Waals surface area contributed by atoms with Crippen LogP contribution in [0.2, 0.25) is 0 Å². The highest BCUT2D eigenvalue weighted by molar-refractivity contribution is 8.15. The molecular weight excluding hydrogens is 462 g/mol. The maximum atomic E-state index is 13.1. The van der Waals surface area contributed by atoms with Gasteiger partial charge in [-0.2, -0.15) is 0 Å². The summed E-state index contributed by atoms with van der Waals surface area (Å²) in [6, 6.07) is 25.7. The van der Waals surface area contributed by atoms with Gasteiger partial charge in [0.25, 0.3) is 0 Å². The number of aliphatic imine (C=N–C) groups is 1. The Labute approximate surface area is 208 Å². The number of nitrogens with one attached hydrogen (secondary N) is 1. The van der Waals surface area contributed by atoms with E-state index in [0.29, 0.717) is 35.1 Å². The van der Waals surface area contributed by atoms with Crippen molar-refractivity contribution >= 4 is 46.1 Å². The van der Waals surface area contributed by atoms with Crippen LogP contribution in [0, 0.1) is 0 Å². The second-order valence-corrected chi connectivity index (χ2v) is 9.05. The molecule has 1 fully saturated rings. The van der Waals surface area contributed by atoms with Crippen LogP contribution in [-0.4, -0.2) is 46.8 Å². The van der Waals surface area contributed by atoms with E-state index < -0.39 is 11.2 Å². The van der Waals surface area contributed by atoms with Crippen LogP contribution in [0.15, 0.2) is 89.9 Å². The first-order valence-electron chi connectivity index (χ1n) is 11.2. The second-order valence-electron chi connectivity index (χ2n) is 7.88. The molecule has 4 rings (SSSR count). The van der Waals surface area contributed by atoms with Gasteiger partial charge in [0.2, 0.25) is 11.8 Å². The minimum absolute atomic E-state index is 0.0688. The molecule has 35 heavy (non-hydrogen) atoms. The molecule has 8 heteroatoms. The molecule has 0 spiro atoms. The molecule has 1 saturated heterocycles. The highest BCUT2D eigenvalue weighted by Gasteiger charge is 2.35. The van der Waals surface area contributed by atoms with Crippen LogP contribution in [0.4, 0.5) is 11.4 Å². The third kappa shape index (κ3) is 6.36. The Morgan fingerprint density at radius 3 is 2.31 bits per heavy atom. The number of amidine groups is 1. The van der Waals surface area contributed by atoms with Crippen molar-refractivity contribution in [2.45, 2.75) is 18.1 Å². The van der Waals surface area contributed by atoms with Gasteiger partial charge >= 0.3 is 5.97 Å². The lowest BCUT2D eigenvalue weighted by Gasteiger charge is -2.32. The van der Waals surface area contributed by atoms with Crippen LogP contribution in [0.5, 0.6) is 0 Å². The third-order valence-electron chi connectivity index (χ3n) is 5.45. The van der Waals surface area contributed by atoms with Gasteiger partial charge < -0.3 is 10.1 Å². The Hall–Kier alpha value is -3.91. The Morgan fingerprint density at radius 1 is 1.00 bits per heavy atom. The van der Waals surface area contributed by atoms with Crippen molar-refractivity contribution in [3.05, 3.63) is 96.1 Å². The van der Waals surface area contributed by atoms with Gasteiger partial charge in [-0.25, -0.2) is 9.79 Å². The molecule has 0 aliphatic carbocycles. The fraction of sp³-hybridized carbons (Fsp3) is 0.185. The van der Waals surface area contributed by atoms with Gasteiger partial charge in [-0.05, 0) is 48.4 Å². The van der Waals surface area contributed by atoms with Crippen molar-refractivity contribution in [3.8, 4) is 0 Å². The molecule has 1 atom stereocenters. The first kappa shape index (κ1) is 24.2. The third-order valence-corrected chi connectivity index (χ3v) is 6.64. The molecule has 1 N–H and O–H groups in total. The number of hydrogen-bond donors (Lipinski definition) is 1. The number of nitrogens with zero attached hydrogens (tertiary/aromatic N) is 2. The molecule has 1 aliphatic rings. The second kappa shape index (κ2) is 11.5. The summed E-state index contributed by atoms with van der Waals surface area (Å²) in [5.74, 6) is -0.887. The van der Waals surface area contributed by atoms with Gasteiger partial charge in [-0.15, -0.1) is 0 Å². The molecule has 3 aromatic rings. The van der Waals surface area contributed by atoms with Crippen LogP contribution in [-0.2, 0) is 20.7 Å². The van der Waals surface area contributed by atoms with E-state index in [2.05, 4.69) is 5.32 Å². The number of carbonyl (C=O) groups is 3. The van der Waals surface area contributed by atoms with E-state index in [9.17, 15) is 14.4 Å². The van der Waals surface area contributed by atoms with Crippen molar-refractivity contribution in [2.75, 3.05) is 19.0 Å². The Balaban J connectivity index is 1.50. The van der Waals surface area contributed by atoms with Crippen LogP contribution in [0.25, 0.3) is 0 Å². The number of anilines is 1. The van der Waals surface area contributed by atoms with Crippen molar-refractivity contribution in [1.29, 1.82) is 0 Å². The summed E-state index contributed by atoms with van der Waals surface area (Å²) < 4.78 is 4.70. The molecule has 2 amide bonds. The first-order chi connectivity index (χ1) is 17.0. The van der Waals surface area contributed by atoms with Gasteiger partial charge in [-0.1, -0.05) is 60.3 Å². The summed E-state index contributed by atoms with van der Waals surface area (Å²) in [6.07, 6.45) is 0.754. The lowest BCUT2D eigenvalue weighted by Crippen LogP contribution is -2.46. The smallest absolute Gasteiger partial charge is 0.337 e. The van der Waals surface area contributed by atoms with Gasteiger partial charge in [0, 0.05) is 18.7 Å². The van der Waals surface area contributed by atoms with Crippen molar-refractivity contribution in [1.82, 2.24) is 4.90 Å². The lowest BCUT2D eigenvalue weighted by molar-refractivity contribution is -0.129. The van der Waals surface area contributed by atoms with Crippen molar-refractivity contribution in [2.24, 2.45) is 4.99 Å². The number of methoxy groups -OCH3 is 1. The molecule has 1 unspecified atom stereocenters. The number of ether oxygens (including phenoxy) is 1. The van der Waals surface area contributed by atoms with Crippen molar-refractivity contribution in [3.63, 3.8) is 0 Å². The topological polar surface area (TPSA) is 88.1 Å². The van der Waals surface area contributed by atoms with Crippen molar-refractivity contribution < 1.29 is 19.1 Å². The number of hydrogen-bond acceptors (Lipinski definition) is 6. The number of carbonyl (C=O) groups excluding carboxylic acids is 3. The fourth-order valence-corrected chi connectivity index (χ4v) is 4.71. The SMILES string of the molecule is COC(=O)c1ccc(NC(=O)C2CC(=O)N(CCc3ccccc3)C(=Nc3ccccc3)S2)cc1. The van der Waals surface area contributed by atoms with Gasteiger partial charge in [0.05, 0.1) is 18.4 Å². The number of amides is 2. The van der Waals surface area contributed by atoms with E-state index in [4.69, 9.17) is 9.73 Å². The molecule has 178 valence electrons. The summed E-state index contributed by atoms with van der Waals surface area (Å²) in [6.45, 7) is 0.477. The van der Waals surface area contributed by atoms with Gasteiger partial charge in [0.15, 0.2) is 5.17 Å². The summed E-state index contributed by atoms with van der Waals surface area (Å²) in [5.41, 5.74) is 2.76. The highest BCUT2D eigenvalue weighted by atomic mass is 32.2. The van der Waals surface area contributed by atoms with E-state index in [1.165, 1.54) is 18.9 Å². The molecule has 0 bridgehead atoms. The molecule has 3 aromatic carbocycles. The minimum atomic E-state index is -0.627. The summed E-state index contributed by atoms with van der Waals surface area (Å²) in [4.78, 5) is 44.1. The Morgan fingerprint density at radius 2 is 1.66 bits per heavy atom. The summed E-state index contributed by atoms with van der Waals surface area (Å²) in [5, 5.41) is 2.71. The first-order valence-corrected chi connectivity index (χ1v) is 12.1. The maximum Gasteiger partial charge on any atom is 0.337 e. The Bertz CT molecular complexity index is 1210. The van der Waals surface area contributed by atoms with E-state index in [1.54, 1.807) is 29.2 Å². The average Bonchev–Trinajstić information content (AvgIpc) is 2.89. The average molecular weight is 488 g/mol. The number of benzene rings is 3. The van der Waals surface area contributed by atoms with Crippen LogP contribution >= 0.6 is 11.8 Å². The lowest BCUT2D eigenvalue weighted by atomic mass is 10.1. The molecule has 0 radical (unpaired) electrons. The molecule has 1 aliphatic heterocycles. The zero-order chi connectivity index (χ0) is 24.6. The number of esters is 1. The minimum Gasteiger partial charge on any atom is -0.465 e. The maximum absolute atomic E-state index is 13.1. The fourth-order valence-electron chi connectivity index (χ4n) is 3.59. The zero-order valence-electron chi connectivity index (χ0n) is 19.2. The van der Waals surface area contributed by atoms with E-state index in [-0.39, 0.29) is 18.2 Å². The molecule has 7 nitrogen and oxygen atoms in total. The van der Waals surface area contributed by atoms with Crippen LogP contribution < -0.4 is 5.32 Å². The van der Waals surface area contributed by atoms with Gasteiger partial charge in [0.1, 0.15) is 5.25 Å². The zero-order valence-corrected chi connectivity index (χ0v) is 20.0. The molecular formula is C27H25N3O4S. The van der Waals surface area contributed by atoms with Crippen LogP contribution in [0.1, 0.15) is 22.3 Å². The normalized spacial score (nSPS) is 16.7. The van der Waals surface area contributed by atoms with E-state index in [1.807, 2.05) is 60.7 Å². The number of para-hydroxylation sites is 1. The predicted molar refractivity (Wildman–Crippen MR) is 138 cm³/mol. The number of rotatable bonds is 7. The largest absolute Gasteiger partial charge is 0.465 e. The molecule has 1 heterocycles. The number of thioether (sulfide) groups is 1. The Kier molecular flexibility index (Phi) is 7.95. The molecule has 0 aromatic heterocycles. The predicted octanol–water partition coefficient (Wildman–Crippen LogP) is 4.68. The highest BCUT2D eigenvalue weighted by Crippen LogP contribution is 2.30. The molecule has 0 saturated carbocycles. The van der Waals surface area contributed by atoms with E-state index >= 15 is 0 Å². The van der Waals surface area contributed by atoms with Crippen LogP contribution in [0.3, 0.4) is 0 Å². The summed E-state index contributed by atoms with van der Waals surface area (Å²) in [7, 11) is 1.31.